The third-order valence-corrected chi connectivity index (χ3v) is 4.73. The summed E-state index contributed by atoms with van der Waals surface area (Å²) in [4.78, 5) is 0. The molecule has 1 aromatic rings. The highest BCUT2D eigenvalue weighted by Gasteiger charge is 2.53. The van der Waals surface area contributed by atoms with Crippen LogP contribution >= 0.6 is 0 Å². The zero-order chi connectivity index (χ0) is 12.6. The highest BCUT2D eigenvalue weighted by Crippen LogP contribution is 2.61. The Balaban J connectivity index is 1.64. The van der Waals surface area contributed by atoms with Crippen molar-refractivity contribution >= 4 is 0 Å². The molecule has 1 nitrogen and oxygen atoms in total. The van der Waals surface area contributed by atoms with E-state index in [9.17, 15) is 4.39 Å². The molecule has 18 heavy (non-hydrogen) atoms. The summed E-state index contributed by atoms with van der Waals surface area (Å²) in [5.41, 5.74) is 1.41. The van der Waals surface area contributed by atoms with Crippen molar-refractivity contribution in [3.05, 3.63) is 35.6 Å². The van der Waals surface area contributed by atoms with Crippen molar-refractivity contribution in [3.8, 4) is 0 Å². The highest BCUT2D eigenvalue weighted by atomic mass is 19.1. The molecular formula is C16H22FN. The van der Waals surface area contributed by atoms with E-state index in [1.165, 1.54) is 25.7 Å². The maximum absolute atomic E-state index is 13.8. The van der Waals surface area contributed by atoms with Crippen LogP contribution in [0, 0.1) is 17.2 Å². The van der Waals surface area contributed by atoms with Crippen LogP contribution < -0.4 is 5.32 Å². The Hall–Kier alpha value is -0.890. The van der Waals surface area contributed by atoms with E-state index >= 15 is 0 Å². The molecule has 1 atom stereocenters. The van der Waals surface area contributed by atoms with Crippen LogP contribution in [0.5, 0.6) is 0 Å². The van der Waals surface area contributed by atoms with Crippen molar-refractivity contribution < 1.29 is 4.39 Å². The number of halogens is 1. The fourth-order valence-electron chi connectivity index (χ4n) is 3.14. The van der Waals surface area contributed by atoms with Gasteiger partial charge in [-0.15, -0.1) is 0 Å². The molecule has 98 valence electrons. The van der Waals surface area contributed by atoms with Gasteiger partial charge in [-0.25, -0.2) is 4.39 Å². The first-order valence-electron chi connectivity index (χ1n) is 7.23. The van der Waals surface area contributed by atoms with Gasteiger partial charge in [-0.05, 0) is 49.5 Å². The number of nitrogens with one attached hydrogen (secondary N) is 1. The van der Waals surface area contributed by atoms with Crippen LogP contribution in [0.15, 0.2) is 24.3 Å². The molecule has 2 heteroatoms. The number of hydrogen-bond donors (Lipinski definition) is 1. The van der Waals surface area contributed by atoms with Gasteiger partial charge in [-0.1, -0.05) is 25.1 Å². The van der Waals surface area contributed by atoms with Crippen LogP contribution in [0.4, 0.5) is 4.39 Å². The van der Waals surface area contributed by atoms with E-state index in [-0.39, 0.29) is 11.9 Å². The van der Waals surface area contributed by atoms with Gasteiger partial charge < -0.3 is 5.32 Å². The Bertz CT molecular complexity index is 421. The average molecular weight is 247 g/mol. The molecule has 0 bridgehead atoms. The molecule has 1 N–H and O–H groups in total. The van der Waals surface area contributed by atoms with E-state index in [1.807, 2.05) is 12.1 Å². The third-order valence-electron chi connectivity index (χ3n) is 4.73. The number of benzene rings is 1. The zero-order valence-corrected chi connectivity index (χ0v) is 11.1. The monoisotopic (exact) mass is 247 g/mol. The van der Waals surface area contributed by atoms with Crippen LogP contribution in [0.25, 0.3) is 0 Å². The molecule has 0 spiro atoms. The predicted octanol–water partition coefficient (Wildman–Crippen LogP) is 4.06. The van der Waals surface area contributed by atoms with Crippen molar-refractivity contribution in [1.82, 2.24) is 5.32 Å². The molecule has 0 heterocycles. The normalized spacial score (nSPS) is 22.8. The molecule has 0 saturated heterocycles. The van der Waals surface area contributed by atoms with E-state index in [1.54, 1.807) is 12.1 Å². The minimum Gasteiger partial charge on any atom is -0.309 e. The van der Waals surface area contributed by atoms with Crippen LogP contribution in [0.2, 0.25) is 0 Å². The number of hydrogen-bond acceptors (Lipinski definition) is 1. The molecule has 1 unspecified atom stereocenters. The minimum atomic E-state index is -0.0758. The summed E-state index contributed by atoms with van der Waals surface area (Å²) in [6, 6.07) is 7.33. The quantitative estimate of drug-likeness (QED) is 0.799. The van der Waals surface area contributed by atoms with E-state index in [2.05, 4.69) is 12.2 Å². The van der Waals surface area contributed by atoms with Gasteiger partial charge in [-0.3, -0.25) is 0 Å². The van der Waals surface area contributed by atoms with Gasteiger partial charge in [0.1, 0.15) is 5.82 Å². The first-order chi connectivity index (χ1) is 8.75. The molecule has 3 rings (SSSR count). The van der Waals surface area contributed by atoms with Crippen molar-refractivity contribution in [2.45, 2.75) is 45.1 Å². The lowest BCUT2D eigenvalue weighted by molar-refractivity contribution is 0.365. The molecule has 2 aliphatic rings. The van der Waals surface area contributed by atoms with Gasteiger partial charge >= 0.3 is 0 Å². The minimum absolute atomic E-state index is 0.0758. The zero-order valence-electron chi connectivity index (χ0n) is 11.1. The smallest absolute Gasteiger partial charge is 0.127 e. The van der Waals surface area contributed by atoms with Crippen LogP contribution in [0.3, 0.4) is 0 Å². The topological polar surface area (TPSA) is 12.0 Å². The molecule has 2 saturated carbocycles. The second-order valence-corrected chi connectivity index (χ2v) is 6.00. The molecule has 0 aliphatic heterocycles. The summed E-state index contributed by atoms with van der Waals surface area (Å²) in [5, 5.41) is 3.61. The molecule has 0 radical (unpaired) electrons. The van der Waals surface area contributed by atoms with Crippen molar-refractivity contribution in [3.63, 3.8) is 0 Å². The maximum Gasteiger partial charge on any atom is 0.127 e. The van der Waals surface area contributed by atoms with Gasteiger partial charge in [-0.2, -0.15) is 0 Å². The lowest BCUT2D eigenvalue weighted by Crippen LogP contribution is -2.29. The van der Waals surface area contributed by atoms with E-state index in [0.717, 1.165) is 24.4 Å². The second kappa shape index (κ2) is 4.65. The summed E-state index contributed by atoms with van der Waals surface area (Å²) < 4.78 is 13.8. The summed E-state index contributed by atoms with van der Waals surface area (Å²) in [7, 11) is 0. The van der Waals surface area contributed by atoms with Gasteiger partial charge in [0.15, 0.2) is 0 Å². The molecule has 2 aliphatic carbocycles. The molecule has 0 aromatic heterocycles. The van der Waals surface area contributed by atoms with Gasteiger partial charge in [0.25, 0.3) is 0 Å². The number of rotatable bonds is 6. The van der Waals surface area contributed by atoms with Crippen molar-refractivity contribution in [2.75, 3.05) is 6.54 Å². The Morgan fingerprint density at radius 1 is 1.33 bits per heavy atom. The third kappa shape index (κ3) is 2.31. The Labute approximate surface area is 109 Å². The van der Waals surface area contributed by atoms with E-state index < -0.39 is 0 Å². The van der Waals surface area contributed by atoms with Crippen molar-refractivity contribution in [1.29, 1.82) is 0 Å². The van der Waals surface area contributed by atoms with Crippen LogP contribution in [-0.2, 0) is 0 Å². The first-order valence-corrected chi connectivity index (χ1v) is 7.23. The largest absolute Gasteiger partial charge is 0.309 e. The fourth-order valence-corrected chi connectivity index (χ4v) is 3.14. The average Bonchev–Trinajstić information content (AvgIpc) is 3.25. The maximum atomic E-state index is 13.8. The van der Waals surface area contributed by atoms with Crippen LogP contribution in [0.1, 0.15) is 50.6 Å². The molecule has 1 aromatic carbocycles. The van der Waals surface area contributed by atoms with Gasteiger partial charge in [0, 0.05) is 18.2 Å². The van der Waals surface area contributed by atoms with Crippen LogP contribution in [-0.4, -0.2) is 6.54 Å². The van der Waals surface area contributed by atoms with Gasteiger partial charge in [0.2, 0.25) is 0 Å². The predicted molar refractivity (Wildman–Crippen MR) is 71.8 cm³/mol. The van der Waals surface area contributed by atoms with E-state index in [0.29, 0.717) is 5.41 Å². The lowest BCUT2D eigenvalue weighted by atomic mass is 9.98. The molecule has 2 fully saturated rings. The van der Waals surface area contributed by atoms with Crippen molar-refractivity contribution in [2.24, 2.45) is 11.3 Å². The standard InChI is InChI=1S/C16H22FN/c1-2-15(13-5-3-4-6-14(13)17)18-11-16(9-10-16)12-7-8-12/h3-6,12,15,18H,2,7-11H2,1H3. The fraction of sp³-hybridized carbons (Fsp3) is 0.625. The summed E-state index contributed by atoms with van der Waals surface area (Å²) in [5.74, 6) is 0.885. The van der Waals surface area contributed by atoms with E-state index in [4.69, 9.17) is 0 Å². The Morgan fingerprint density at radius 3 is 2.61 bits per heavy atom. The first kappa shape index (κ1) is 12.2. The summed E-state index contributed by atoms with van der Waals surface area (Å²) in [6.07, 6.45) is 6.52. The Morgan fingerprint density at radius 2 is 2.06 bits per heavy atom. The van der Waals surface area contributed by atoms with Gasteiger partial charge in [0.05, 0.1) is 0 Å². The second-order valence-electron chi connectivity index (χ2n) is 6.00. The Kier molecular flexibility index (Phi) is 3.14. The molecule has 0 amide bonds. The summed E-state index contributed by atoms with van der Waals surface area (Å²) in [6.45, 7) is 3.20. The summed E-state index contributed by atoms with van der Waals surface area (Å²) >= 11 is 0. The lowest BCUT2D eigenvalue weighted by Gasteiger charge is -2.22. The SMILES string of the molecule is CCC(NCC1(C2CC2)CC1)c1ccccc1F. The highest BCUT2D eigenvalue weighted by molar-refractivity contribution is 5.21. The molecular weight excluding hydrogens is 225 g/mol.